The van der Waals surface area contributed by atoms with E-state index in [1.807, 2.05) is 0 Å². The SMILES string of the molecule is CCOC1(C(N)C2CCCC(C)C2)CCCC(C)C1. The Labute approximate surface area is 119 Å². The van der Waals surface area contributed by atoms with E-state index in [9.17, 15) is 0 Å². The highest BCUT2D eigenvalue weighted by Crippen LogP contribution is 2.42. The molecule has 2 heteroatoms. The first kappa shape index (κ1) is 15.3. The second-order valence-corrected chi connectivity index (χ2v) is 7.26. The van der Waals surface area contributed by atoms with Gasteiger partial charge in [-0.15, -0.1) is 0 Å². The highest BCUT2D eigenvalue weighted by Gasteiger charge is 2.44. The van der Waals surface area contributed by atoms with Crippen molar-refractivity contribution in [3.05, 3.63) is 0 Å². The Kier molecular flexibility index (Phi) is 5.30. The van der Waals surface area contributed by atoms with Gasteiger partial charge in [0.05, 0.1) is 5.60 Å². The van der Waals surface area contributed by atoms with Gasteiger partial charge in [-0.25, -0.2) is 0 Å². The predicted octanol–water partition coefficient (Wildman–Crippen LogP) is 4.13. The molecule has 5 atom stereocenters. The third kappa shape index (κ3) is 3.52. The highest BCUT2D eigenvalue weighted by atomic mass is 16.5. The van der Waals surface area contributed by atoms with Gasteiger partial charge in [-0.1, -0.05) is 39.5 Å². The molecule has 0 aromatic rings. The molecule has 2 saturated carbocycles. The first-order valence-corrected chi connectivity index (χ1v) is 8.47. The molecule has 2 aliphatic carbocycles. The van der Waals surface area contributed by atoms with Crippen LogP contribution in [0.5, 0.6) is 0 Å². The van der Waals surface area contributed by atoms with E-state index in [4.69, 9.17) is 10.5 Å². The summed E-state index contributed by atoms with van der Waals surface area (Å²) in [6.07, 6.45) is 10.4. The number of nitrogens with two attached hydrogens (primary N) is 1. The van der Waals surface area contributed by atoms with Crippen LogP contribution in [-0.2, 0) is 4.74 Å². The fourth-order valence-electron chi connectivity index (χ4n) is 4.60. The van der Waals surface area contributed by atoms with E-state index in [1.165, 1.54) is 51.4 Å². The van der Waals surface area contributed by atoms with Gasteiger partial charge in [-0.05, 0) is 50.4 Å². The van der Waals surface area contributed by atoms with Gasteiger partial charge in [0.1, 0.15) is 0 Å². The Bertz CT molecular complexity index is 276. The summed E-state index contributed by atoms with van der Waals surface area (Å²) in [6.45, 7) is 7.68. The maximum absolute atomic E-state index is 6.74. The van der Waals surface area contributed by atoms with E-state index < -0.39 is 0 Å². The lowest BCUT2D eigenvalue weighted by molar-refractivity contribution is -0.107. The van der Waals surface area contributed by atoms with Crippen LogP contribution in [0.4, 0.5) is 0 Å². The molecular formula is C17H33NO. The Hall–Kier alpha value is -0.0800. The average molecular weight is 267 g/mol. The second kappa shape index (κ2) is 6.58. The second-order valence-electron chi connectivity index (χ2n) is 7.26. The number of ether oxygens (including phenoxy) is 1. The van der Waals surface area contributed by atoms with Gasteiger partial charge in [0.2, 0.25) is 0 Å². The van der Waals surface area contributed by atoms with Gasteiger partial charge in [0, 0.05) is 12.6 Å². The van der Waals surface area contributed by atoms with Gasteiger partial charge in [-0.3, -0.25) is 0 Å². The fraction of sp³-hybridized carbons (Fsp3) is 1.00. The molecule has 0 amide bonds. The van der Waals surface area contributed by atoms with E-state index >= 15 is 0 Å². The maximum Gasteiger partial charge on any atom is 0.0837 e. The minimum atomic E-state index is -0.0197. The molecule has 2 N–H and O–H groups in total. The first-order valence-electron chi connectivity index (χ1n) is 8.47. The topological polar surface area (TPSA) is 35.2 Å². The van der Waals surface area contributed by atoms with E-state index in [0.29, 0.717) is 5.92 Å². The van der Waals surface area contributed by atoms with Gasteiger partial charge in [0.15, 0.2) is 0 Å². The van der Waals surface area contributed by atoms with Gasteiger partial charge < -0.3 is 10.5 Å². The lowest BCUT2D eigenvalue weighted by Gasteiger charge is -2.48. The zero-order valence-electron chi connectivity index (χ0n) is 13.2. The Morgan fingerprint density at radius 2 is 1.89 bits per heavy atom. The monoisotopic (exact) mass is 267 g/mol. The minimum Gasteiger partial charge on any atom is -0.374 e. The standard InChI is InChI=1S/C17H33NO/c1-4-19-17(10-6-8-14(3)12-17)16(18)15-9-5-7-13(2)11-15/h13-16H,4-12,18H2,1-3H3. The van der Waals surface area contributed by atoms with Crippen LogP contribution in [0.25, 0.3) is 0 Å². The van der Waals surface area contributed by atoms with Crippen molar-refractivity contribution in [2.75, 3.05) is 6.61 Å². The summed E-state index contributed by atoms with van der Waals surface area (Å²) in [5.74, 6) is 2.30. The minimum absolute atomic E-state index is 0.0197. The van der Waals surface area contributed by atoms with Crippen molar-refractivity contribution in [1.82, 2.24) is 0 Å². The normalized spacial score (nSPS) is 42.0. The third-order valence-electron chi connectivity index (χ3n) is 5.51. The Morgan fingerprint density at radius 1 is 1.16 bits per heavy atom. The summed E-state index contributed by atoms with van der Waals surface area (Å²) < 4.78 is 6.27. The van der Waals surface area contributed by atoms with E-state index in [2.05, 4.69) is 20.8 Å². The van der Waals surface area contributed by atoms with Crippen molar-refractivity contribution in [1.29, 1.82) is 0 Å². The third-order valence-corrected chi connectivity index (χ3v) is 5.51. The van der Waals surface area contributed by atoms with Crippen LogP contribution in [0.1, 0.15) is 72.1 Å². The van der Waals surface area contributed by atoms with Crippen molar-refractivity contribution in [2.45, 2.75) is 83.8 Å². The number of hydrogen-bond acceptors (Lipinski definition) is 2. The van der Waals surface area contributed by atoms with Crippen molar-refractivity contribution in [2.24, 2.45) is 23.5 Å². The lowest BCUT2D eigenvalue weighted by Crippen LogP contribution is -2.56. The van der Waals surface area contributed by atoms with Crippen LogP contribution in [0.3, 0.4) is 0 Å². The highest BCUT2D eigenvalue weighted by molar-refractivity contribution is 4.99. The molecule has 0 bridgehead atoms. The molecule has 19 heavy (non-hydrogen) atoms. The number of rotatable bonds is 4. The fourth-order valence-corrected chi connectivity index (χ4v) is 4.60. The summed E-state index contributed by atoms with van der Waals surface area (Å²) in [5, 5.41) is 0. The molecule has 0 heterocycles. The molecule has 0 aromatic carbocycles. The lowest BCUT2D eigenvalue weighted by atomic mass is 9.67. The molecular weight excluding hydrogens is 234 g/mol. The van der Waals surface area contributed by atoms with Crippen molar-refractivity contribution in [3.8, 4) is 0 Å². The van der Waals surface area contributed by atoms with Crippen molar-refractivity contribution >= 4 is 0 Å². The molecule has 0 spiro atoms. The van der Waals surface area contributed by atoms with Gasteiger partial charge >= 0.3 is 0 Å². The predicted molar refractivity (Wildman–Crippen MR) is 81.1 cm³/mol. The molecule has 2 rings (SSSR count). The summed E-state index contributed by atoms with van der Waals surface area (Å²) in [6, 6.07) is 0.248. The van der Waals surface area contributed by atoms with E-state index in [1.54, 1.807) is 0 Å². The molecule has 2 fully saturated rings. The summed E-state index contributed by atoms with van der Waals surface area (Å²) >= 11 is 0. The average Bonchev–Trinajstić information content (AvgIpc) is 2.38. The van der Waals surface area contributed by atoms with Crippen LogP contribution in [0, 0.1) is 17.8 Å². The molecule has 0 aliphatic heterocycles. The van der Waals surface area contributed by atoms with E-state index in [0.717, 1.165) is 18.4 Å². The van der Waals surface area contributed by atoms with Crippen LogP contribution in [-0.4, -0.2) is 18.2 Å². The van der Waals surface area contributed by atoms with Crippen LogP contribution < -0.4 is 5.73 Å². The summed E-state index contributed by atoms with van der Waals surface area (Å²) in [4.78, 5) is 0. The zero-order valence-corrected chi connectivity index (χ0v) is 13.2. The molecule has 2 aliphatic rings. The van der Waals surface area contributed by atoms with Crippen molar-refractivity contribution < 1.29 is 4.74 Å². The van der Waals surface area contributed by atoms with Crippen LogP contribution >= 0.6 is 0 Å². The quantitative estimate of drug-likeness (QED) is 0.831. The smallest absolute Gasteiger partial charge is 0.0837 e. The maximum atomic E-state index is 6.74. The molecule has 112 valence electrons. The molecule has 2 nitrogen and oxygen atoms in total. The zero-order chi connectivity index (χ0) is 13.9. The van der Waals surface area contributed by atoms with Gasteiger partial charge in [-0.2, -0.15) is 0 Å². The van der Waals surface area contributed by atoms with Crippen LogP contribution in [0.15, 0.2) is 0 Å². The van der Waals surface area contributed by atoms with Crippen LogP contribution in [0.2, 0.25) is 0 Å². The first-order chi connectivity index (χ1) is 9.07. The molecule has 0 radical (unpaired) electrons. The van der Waals surface area contributed by atoms with Gasteiger partial charge in [0.25, 0.3) is 0 Å². The Morgan fingerprint density at radius 3 is 2.53 bits per heavy atom. The van der Waals surface area contributed by atoms with Crippen molar-refractivity contribution in [3.63, 3.8) is 0 Å². The summed E-state index contributed by atoms with van der Waals surface area (Å²) in [7, 11) is 0. The summed E-state index contributed by atoms with van der Waals surface area (Å²) in [5.41, 5.74) is 6.72. The Balaban J connectivity index is 2.08. The molecule has 0 saturated heterocycles. The van der Waals surface area contributed by atoms with E-state index in [-0.39, 0.29) is 11.6 Å². The largest absolute Gasteiger partial charge is 0.374 e. The molecule has 0 aromatic heterocycles. The molecule has 5 unspecified atom stereocenters. The number of hydrogen-bond donors (Lipinski definition) is 1.